The Hall–Kier alpha value is -5.63. The van der Waals surface area contributed by atoms with Gasteiger partial charge in [-0.05, 0) is 67.6 Å². The van der Waals surface area contributed by atoms with E-state index < -0.39 is 43.3 Å². The molecule has 0 aromatic heterocycles. The summed E-state index contributed by atoms with van der Waals surface area (Å²) in [6, 6.07) is 46.6. The van der Waals surface area contributed by atoms with Crippen molar-refractivity contribution in [3.8, 4) is 0 Å². The summed E-state index contributed by atoms with van der Waals surface area (Å²) in [7, 11) is -1.86. The molecule has 0 fully saturated rings. The van der Waals surface area contributed by atoms with Crippen molar-refractivity contribution in [2.75, 3.05) is 6.16 Å². The monoisotopic (exact) mass is 678 g/mol. The molecule has 0 spiro atoms. The highest BCUT2D eigenvalue weighted by Gasteiger charge is 2.46. The van der Waals surface area contributed by atoms with Gasteiger partial charge in [-0.3, -0.25) is 0 Å². The van der Waals surface area contributed by atoms with Crippen LogP contribution in [0.25, 0.3) is 0 Å². The van der Waals surface area contributed by atoms with Gasteiger partial charge in [0.1, 0.15) is 23.2 Å². The Morgan fingerprint density at radius 1 is 0.571 bits per heavy atom. The van der Waals surface area contributed by atoms with Gasteiger partial charge in [0, 0.05) is 0 Å². The molecule has 5 aromatic carbocycles. The molecular formula is C39H35O9P. The van der Waals surface area contributed by atoms with E-state index in [0.717, 1.165) is 6.16 Å². The second-order valence-electron chi connectivity index (χ2n) is 10.9. The van der Waals surface area contributed by atoms with Gasteiger partial charge in [-0.25, -0.2) is 14.4 Å². The van der Waals surface area contributed by atoms with Crippen LogP contribution < -0.4 is 21.0 Å². The highest BCUT2D eigenvalue weighted by molar-refractivity contribution is 7.95. The third kappa shape index (κ3) is 9.47. The molecule has 1 unspecified atom stereocenters. The Bertz CT molecular complexity index is 1630. The van der Waals surface area contributed by atoms with Gasteiger partial charge in [-0.1, -0.05) is 91.0 Å². The zero-order valence-corrected chi connectivity index (χ0v) is 27.5. The number of carboxylic acid groups (broad SMARTS) is 2. The Morgan fingerprint density at radius 3 is 1.16 bits per heavy atom. The molecule has 9 nitrogen and oxygen atoms in total. The fourth-order valence-electron chi connectivity index (χ4n) is 5.20. The molecule has 0 amide bonds. The number of aliphatic hydroxyl groups is 1. The van der Waals surface area contributed by atoms with Crippen LogP contribution in [-0.2, 0) is 19.1 Å². The molecule has 49 heavy (non-hydrogen) atoms. The molecule has 3 atom stereocenters. The largest absolute Gasteiger partial charge is 0.546 e. The number of aliphatic carboxylic acids is 2. The number of carbonyl (C=O) groups excluding carboxylic acids is 3. The third-order valence-corrected chi connectivity index (χ3v) is 12.0. The van der Waals surface area contributed by atoms with Crippen molar-refractivity contribution in [1.82, 2.24) is 0 Å². The first-order valence-corrected chi connectivity index (χ1v) is 17.3. The van der Waals surface area contributed by atoms with Crippen LogP contribution in [0.2, 0.25) is 0 Å². The molecule has 5 rings (SSSR count). The van der Waals surface area contributed by atoms with Gasteiger partial charge in [0.05, 0.1) is 29.4 Å². The summed E-state index contributed by atoms with van der Waals surface area (Å²) in [6.45, 7) is 1.89. The summed E-state index contributed by atoms with van der Waals surface area (Å²) in [5.41, 5.74) is 0.00232. The lowest BCUT2D eigenvalue weighted by atomic mass is 10.1. The normalized spacial score (nSPS) is 12.6. The van der Waals surface area contributed by atoms with Crippen molar-refractivity contribution < 1.29 is 44.0 Å². The summed E-state index contributed by atoms with van der Waals surface area (Å²) in [5, 5.41) is 34.8. The van der Waals surface area contributed by atoms with Crippen LogP contribution in [0.3, 0.4) is 0 Å². The first-order chi connectivity index (χ1) is 23.6. The Morgan fingerprint density at radius 2 is 0.878 bits per heavy atom. The van der Waals surface area contributed by atoms with E-state index in [-0.39, 0.29) is 17.2 Å². The number of hydrogen-bond acceptors (Lipinski definition) is 8. The van der Waals surface area contributed by atoms with Gasteiger partial charge in [-0.15, -0.1) is 0 Å². The van der Waals surface area contributed by atoms with Crippen molar-refractivity contribution in [3.63, 3.8) is 0 Å². The number of carboxylic acids is 2. The second-order valence-corrected chi connectivity index (χ2v) is 14.4. The number of hydrogen-bond donors (Lipinski definition) is 2. The number of ether oxygens (including phenoxy) is 2. The maximum absolute atomic E-state index is 12.0. The average molecular weight is 679 g/mol. The average Bonchev–Trinajstić information content (AvgIpc) is 3.13. The topological polar surface area (TPSA) is 150 Å². The lowest BCUT2D eigenvalue weighted by Gasteiger charge is -2.28. The lowest BCUT2D eigenvalue weighted by molar-refractivity contribution is -0.317. The summed E-state index contributed by atoms with van der Waals surface area (Å²) >= 11 is 0. The van der Waals surface area contributed by atoms with E-state index >= 15 is 0 Å². The van der Waals surface area contributed by atoms with Gasteiger partial charge >= 0.3 is 17.9 Å². The molecule has 0 radical (unpaired) electrons. The summed E-state index contributed by atoms with van der Waals surface area (Å²) in [6.07, 6.45) is -4.21. The number of esters is 2. The molecule has 0 saturated heterocycles. The molecule has 10 heteroatoms. The predicted molar refractivity (Wildman–Crippen MR) is 186 cm³/mol. The van der Waals surface area contributed by atoms with Crippen LogP contribution in [0, 0.1) is 0 Å². The van der Waals surface area contributed by atoms with Crippen LogP contribution in [-0.4, -0.2) is 58.6 Å². The molecular weight excluding hydrogens is 643 g/mol. The Kier molecular flexibility index (Phi) is 12.9. The smallest absolute Gasteiger partial charge is 0.349 e. The van der Waals surface area contributed by atoms with Crippen LogP contribution in [0.5, 0.6) is 0 Å². The van der Waals surface area contributed by atoms with E-state index in [4.69, 9.17) is 9.47 Å². The fraction of sp³-hybridized carbons (Fsp3) is 0.128. The van der Waals surface area contributed by atoms with E-state index in [1.54, 1.807) is 12.1 Å². The van der Waals surface area contributed by atoms with E-state index in [9.17, 15) is 34.5 Å². The van der Waals surface area contributed by atoms with Gasteiger partial charge in [0.15, 0.2) is 6.10 Å². The number of benzene rings is 5. The fourth-order valence-corrected chi connectivity index (χ4v) is 9.56. The van der Waals surface area contributed by atoms with Crippen molar-refractivity contribution in [2.45, 2.75) is 25.2 Å². The van der Waals surface area contributed by atoms with Gasteiger partial charge in [0.2, 0.25) is 6.10 Å². The highest BCUT2D eigenvalue weighted by atomic mass is 31.2. The molecule has 5 aromatic rings. The third-order valence-electron chi connectivity index (χ3n) is 7.37. The van der Waals surface area contributed by atoms with Crippen LogP contribution in [0.4, 0.5) is 0 Å². The van der Waals surface area contributed by atoms with Crippen molar-refractivity contribution >= 4 is 47.1 Å². The Labute approximate surface area is 284 Å². The maximum atomic E-state index is 12.0. The molecule has 0 aliphatic rings. The summed E-state index contributed by atoms with van der Waals surface area (Å²) in [5.74, 6) is -5.99. The van der Waals surface area contributed by atoms with E-state index in [1.807, 2.05) is 6.92 Å². The van der Waals surface area contributed by atoms with Crippen molar-refractivity contribution in [2.24, 2.45) is 0 Å². The van der Waals surface area contributed by atoms with E-state index in [0.29, 0.717) is 0 Å². The standard InChI is InChI=1S/C21H22OP.C18H14O8/c1-18(22)17-23(19-11-5-2-6-12-19,20-13-7-3-8-14-20)21-15-9-4-10-16-21;19-15(20)13(25-17(23)11-7-3-1-4-8-11)14(16(21)22)26-18(24)12-9-5-2-6-10-12/h2-16,18,22H,17H2,1H3;1-10,13-14H,(H,19,20)(H,21,22)/q+1;/p-1/t;13-,14-/m.1/s1. The maximum Gasteiger partial charge on any atom is 0.349 e. The summed E-state index contributed by atoms with van der Waals surface area (Å²) < 4.78 is 9.42. The zero-order chi connectivity index (χ0) is 35.2. The minimum atomic E-state index is -2.33. The molecule has 0 heterocycles. The molecule has 2 N–H and O–H groups in total. The molecule has 0 saturated carbocycles. The van der Waals surface area contributed by atoms with Crippen LogP contribution in [0.15, 0.2) is 152 Å². The highest BCUT2D eigenvalue weighted by Crippen LogP contribution is 2.55. The SMILES string of the molecule is CC(O)C[P+](c1ccccc1)(c1ccccc1)c1ccccc1.O=C(O[C@@H](C(=O)[O-])[C@@H](OC(=O)c1ccccc1)C(=O)O)c1ccccc1. The minimum absolute atomic E-state index is 0.00252. The van der Waals surface area contributed by atoms with E-state index in [2.05, 4.69) is 91.0 Å². The number of aliphatic hydroxyl groups excluding tert-OH is 1. The first kappa shape index (κ1) is 36.2. The van der Waals surface area contributed by atoms with Gasteiger partial charge in [-0.2, -0.15) is 0 Å². The second kappa shape index (κ2) is 17.5. The lowest BCUT2D eigenvalue weighted by Crippen LogP contribution is -2.51. The zero-order valence-electron chi connectivity index (χ0n) is 26.6. The van der Waals surface area contributed by atoms with Crippen LogP contribution in [0.1, 0.15) is 27.6 Å². The van der Waals surface area contributed by atoms with Crippen molar-refractivity contribution in [3.05, 3.63) is 163 Å². The molecule has 250 valence electrons. The van der Waals surface area contributed by atoms with Crippen LogP contribution >= 0.6 is 7.26 Å². The van der Waals surface area contributed by atoms with Gasteiger partial charge in [0.25, 0.3) is 0 Å². The predicted octanol–water partition coefficient (Wildman–Crippen LogP) is 3.63. The molecule has 0 aliphatic carbocycles. The Balaban J connectivity index is 0.000000222. The molecule has 0 aliphatic heterocycles. The number of rotatable bonds is 12. The molecule has 0 bridgehead atoms. The quantitative estimate of drug-likeness (QED) is 0.149. The summed E-state index contributed by atoms with van der Waals surface area (Å²) in [4.78, 5) is 46.7. The first-order valence-electron chi connectivity index (χ1n) is 15.3. The minimum Gasteiger partial charge on any atom is -0.546 e. The van der Waals surface area contributed by atoms with Gasteiger partial charge < -0.3 is 29.6 Å². The van der Waals surface area contributed by atoms with Crippen molar-refractivity contribution in [1.29, 1.82) is 0 Å². The van der Waals surface area contributed by atoms with E-state index in [1.165, 1.54) is 64.4 Å². The number of carbonyl (C=O) groups is 4.